The van der Waals surface area contributed by atoms with E-state index in [1.54, 1.807) is 48.5 Å². The van der Waals surface area contributed by atoms with Crippen molar-refractivity contribution in [1.82, 2.24) is 0 Å². The summed E-state index contributed by atoms with van der Waals surface area (Å²) in [5, 5.41) is 20.2. The van der Waals surface area contributed by atoms with Gasteiger partial charge in [0.2, 0.25) is 0 Å². The van der Waals surface area contributed by atoms with E-state index in [9.17, 15) is 36.6 Å². The number of phenols is 2. The van der Waals surface area contributed by atoms with Crippen LogP contribution in [-0.2, 0) is 5.41 Å². The Kier molecular flexibility index (Phi) is 5.50. The minimum atomic E-state index is -5.11. The van der Waals surface area contributed by atoms with Crippen molar-refractivity contribution >= 4 is 0 Å². The SMILES string of the molecule is Oc1ccc(C2(c3ccc(O)c(OC(F)(F)F)c3)c3ccccc3-c3ccccc32)cc1OC(F)(F)F. The molecule has 0 atom stereocenters. The first kappa shape index (κ1) is 24.4. The summed E-state index contributed by atoms with van der Waals surface area (Å²) in [6.45, 7) is 0. The minimum Gasteiger partial charge on any atom is -0.504 e. The highest BCUT2D eigenvalue weighted by Gasteiger charge is 2.47. The van der Waals surface area contributed by atoms with Crippen molar-refractivity contribution in [2.75, 3.05) is 0 Å². The lowest BCUT2D eigenvalue weighted by Crippen LogP contribution is -2.29. The quantitative estimate of drug-likeness (QED) is 0.246. The fourth-order valence-corrected chi connectivity index (χ4v) is 4.93. The molecule has 0 amide bonds. The zero-order valence-electron chi connectivity index (χ0n) is 18.6. The van der Waals surface area contributed by atoms with Gasteiger partial charge in [-0.05, 0) is 57.6 Å². The van der Waals surface area contributed by atoms with E-state index in [2.05, 4.69) is 9.47 Å². The van der Waals surface area contributed by atoms with Crippen molar-refractivity contribution in [2.24, 2.45) is 0 Å². The lowest BCUT2D eigenvalue weighted by atomic mass is 9.67. The van der Waals surface area contributed by atoms with Crippen LogP contribution in [0.5, 0.6) is 23.0 Å². The average Bonchev–Trinajstić information content (AvgIpc) is 3.12. The molecular formula is C27H16F6O4. The molecule has 0 aliphatic heterocycles. The molecule has 4 aromatic rings. The molecule has 10 heteroatoms. The van der Waals surface area contributed by atoms with E-state index in [4.69, 9.17) is 0 Å². The molecule has 2 N–H and O–H groups in total. The van der Waals surface area contributed by atoms with E-state index in [1.165, 1.54) is 12.1 Å². The lowest BCUT2D eigenvalue weighted by Gasteiger charge is -2.34. The Morgan fingerprint density at radius 2 is 0.919 bits per heavy atom. The van der Waals surface area contributed by atoms with Gasteiger partial charge in [0.05, 0.1) is 5.41 Å². The maximum atomic E-state index is 13.1. The van der Waals surface area contributed by atoms with Crippen LogP contribution >= 0.6 is 0 Å². The zero-order valence-corrected chi connectivity index (χ0v) is 18.6. The van der Waals surface area contributed by atoms with Gasteiger partial charge in [0.1, 0.15) is 0 Å². The number of halogens is 6. The van der Waals surface area contributed by atoms with Gasteiger partial charge in [0.15, 0.2) is 23.0 Å². The molecule has 0 spiro atoms. The third kappa shape index (κ3) is 4.18. The van der Waals surface area contributed by atoms with Crippen molar-refractivity contribution in [3.8, 4) is 34.1 Å². The van der Waals surface area contributed by atoms with Crippen LogP contribution in [0.4, 0.5) is 26.3 Å². The Morgan fingerprint density at radius 3 is 1.30 bits per heavy atom. The monoisotopic (exact) mass is 518 g/mol. The smallest absolute Gasteiger partial charge is 0.504 e. The van der Waals surface area contributed by atoms with E-state index in [-0.39, 0.29) is 11.1 Å². The van der Waals surface area contributed by atoms with Crippen molar-refractivity contribution < 1.29 is 46.0 Å². The largest absolute Gasteiger partial charge is 0.573 e. The molecule has 0 heterocycles. The predicted molar refractivity (Wildman–Crippen MR) is 120 cm³/mol. The van der Waals surface area contributed by atoms with E-state index in [0.717, 1.165) is 24.3 Å². The fraction of sp³-hybridized carbons (Fsp3) is 0.111. The molecule has 0 unspecified atom stereocenters. The normalized spacial score (nSPS) is 14.1. The highest BCUT2D eigenvalue weighted by molar-refractivity contribution is 5.86. The summed E-state index contributed by atoms with van der Waals surface area (Å²) >= 11 is 0. The van der Waals surface area contributed by atoms with Gasteiger partial charge < -0.3 is 19.7 Å². The molecule has 5 rings (SSSR count). The highest BCUT2D eigenvalue weighted by Crippen LogP contribution is 2.57. The Bertz CT molecular complexity index is 1380. The molecule has 0 fully saturated rings. The summed E-state index contributed by atoms with van der Waals surface area (Å²) in [4.78, 5) is 0. The number of benzene rings is 4. The minimum absolute atomic E-state index is 0.172. The highest BCUT2D eigenvalue weighted by atomic mass is 19.4. The van der Waals surface area contributed by atoms with Gasteiger partial charge >= 0.3 is 12.7 Å². The average molecular weight is 518 g/mol. The second-order valence-electron chi connectivity index (χ2n) is 8.30. The third-order valence-electron chi connectivity index (χ3n) is 6.19. The summed E-state index contributed by atoms with van der Waals surface area (Å²) in [6, 6.07) is 20.7. The van der Waals surface area contributed by atoms with Crippen LogP contribution in [0.1, 0.15) is 22.3 Å². The van der Waals surface area contributed by atoms with E-state index >= 15 is 0 Å². The number of phenolic OH excluding ortho intramolecular Hbond substituents is 2. The van der Waals surface area contributed by atoms with Crippen LogP contribution in [0.15, 0.2) is 84.9 Å². The standard InChI is InChI=1S/C27H16F6O4/c28-26(29,30)36-23-13-15(9-11-21(23)34)25(16-10-12-22(35)24(14-16)37-27(31,32)33)19-7-3-1-5-17(19)18-6-2-4-8-20(18)25/h1-14,34-35H. The van der Waals surface area contributed by atoms with Crippen molar-refractivity contribution in [2.45, 2.75) is 18.1 Å². The predicted octanol–water partition coefficient (Wildman–Crippen LogP) is 7.26. The summed E-state index contributed by atoms with van der Waals surface area (Å²) in [5.74, 6) is -3.31. The molecule has 0 saturated carbocycles. The third-order valence-corrected chi connectivity index (χ3v) is 6.19. The molecule has 1 aliphatic rings. The molecule has 190 valence electrons. The first-order valence-electron chi connectivity index (χ1n) is 10.8. The van der Waals surface area contributed by atoms with Crippen molar-refractivity contribution in [1.29, 1.82) is 0 Å². The molecule has 0 radical (unpaired) electrons. The van der Waals surface area contributed by atoms with Crippen LogP contribution in [0, 0.1) is 0 Å². The van der Waals surface area contributed by atoms with Gasteiger partial charge in [-0.25, -0.2) is 0 Å². The Labute approximate surface area is 206 Å². The molecule has 37 heavy (non-hydrogen) atoms. The Balaban J connectivity index is 1.87. The molecule has 4 nitrogen and oxygen atoms in total. The van der Waals surface area contributed by atoms with Gasteiger partial charge in [-0.1, -0.05) is 60.7 Å². The van der Waals surface area contributed by atoms with Gasteiger partial charge in [-0.15, -0.1) is 26.3 Å². The van der Waals surface area contributed by atoms with Gasteiger partial charge in [-0.2, -0.15) is 0 Å². The van der Waals surface area contributed by atoms with E-state index in [0.29, 0.717) is 22.3 Å². The number of hydrogen-bond acceptors (Lipinski definition) is 4. The lowest BCUT2D eigenvalue weighted by molar-refractivity contribution is -0.276. The van der Waals surface area contributed by atoms with Gasteiger partial charge in [0.25, 0.3) is 0 Å². The summed E-state index contributed by atoms with van der Waals surface area (Å²) in [7, 11) is 0. The topological polar surface area (TPSA) is 58.9 Å². The van der Waals surface area contributed by atoms with Crippen LogP contribution in [-0.4, -0.2) is 22.9 Å². The second kappa shape index (κ2) is 8.36. The first-order valence-corrected chi connectivity index (χ1v) is 10.8. The Morgan fingerprint density at radius 1 is 0.541 bits per heavy atom. The number of rotatable bonds is 4. The number of aromatic hydroxyl groups is 2. The van der Waals surface area contributed by atoms with E-state index < -0.39 is 41.1 Å². The van der Waals surface area contributed by atoms with Crippen molar-refractivity contribution in [3.05, 3.63) is 107 Å². The number of alkyl halides is 6. The molecular weight excluding hydrogens is 502 g/mol. The molecule has 1 aliphatic carbocycles. The summed E-state index contributed by atoms with van der Waals surface area (Å²) < 4.78 is 86.7. The van der Waals surface area contributed by atoms with Crippen LogP contribution in [0.3, 0.4) is 0 Å². The fourth-order valence-electron chi connectivity index (χ4n) is 4.93. The maximum absolute atomic E-state index is 13.1. The molecule has 4 aromatic carbocycles. The maximum Gasteiger partial charge on any atom is 0.573 e. The number of hydrogen-bond donors (Lipinski definition) is 2. The number of fused-ring (bicyclic) bond motifs is 3. The van der Waals surface area contributed by atoms with Crippen LogP contribution < -0.4 is 9.47 Å². The zero-order chi connectivity index (χ0) is 26.6. The molecule has 0 aromatic heterocycles. The van der Waals surface area contributed by atoms with Crippen LogP contribution in [0.2, 0.25) is 0 Å². The Hall–Kier alpha value is -4.34. The van der Waals surface area contributed by atoms with Gasteiger partial charge in [-0.3, -0.25) is 0 Å². The first-order chi connectivity index (χ1) is 17.4. The molecule has 0 bridgehead atoms. The van der Waals surface area contributed by atoms with Crippen molar-refractivity contribution in [3.63, 3.8) is 0 Å². The number of ether oxygens (including phenoxy) is 2. The van der Waals surface area contributed by atoms with Crippen LogP contribution in [0.25, 0.3) is 11.1 Å². The van der Waals surface area contributed by atoms with E-state index in [1.807, 2.05) is 0 Å². The van der Waals surface area contributed by atoms with Gasteiger partial charge in [0, 0.05) is 0 Å². The molecule has 0 saturated heterocycles. The summed E-state index contributed by atoms with van der Waals surface area (Å²) in [5.41, 5.74) is 1.41. The second-order valence-corrected chi connectivity index (χ2v) is 8.30. The summed E-state index contributed by atoms with van der Waals surface area (Å²) in [6.07, 6.45) is -10.2.